The molecule has 154 valence electrons. The molecule has 1 spiro atoms. The van der Waals surface area contributed by atoms with Crippen LogP contribution < -0.4 is 0 Å². The van der Waals surface area contributed by atoms with Gasteiger partial charge in [0.25, 0.3) is 0 Å². The first-order chi connectivity index (χ1) is 13.6. The van der Waals surface area contributed by atoms with Crippen LogP contribution in [0.25, 0.3) is 0 Å². The van der Waals surface area contributed by atoms with Crippen molar-refractivity contribution in [3.05, 3.63) is 30.1 Å². The normalized spacial score (nSPS) is 29.5. The van der Waals surface area contributed by atoms with Gasteiger partial charge in [0.1, 0.15) is 0 Å². The molecule has 1 amide bonds. The number of hydrogen-bond donors (Lipinski definition) is 0. The number of pyridine rings is 1. The number of piperidine rings is 1. The number of rotatable bonds is 6. The molecule has 2 saturated heterocycles. The van der Waals surface area contributed by atoms with Crippen LogP contribution in [0.1, 0.15) is 50.0 Å². The van der Waals surface area contributed by atoms with E-state index in [2.05, 4.69) is 39.8 Å². The number of carbonyl (C=O) groups excluding carboxylic acids is 1. The topological polar surface area (TPSA) is 39.7 Å². The molecule has 4 rings (SSSR count). The van der Waals surface area contributed by atoms with Crippen molar-refractivity contribution in [3.63, 3.8) is 0 Å². The van der Waals surface area contributed by atoms with Crippen LogP contribution in [-0.2, 0) is 4.79 Å². The highest BCUT2D eigenvalue weighted by Crippen LogP contribution is 2.49. The molecule has 1 aliphatic carbocycles. The van der Waals surface area contributed by atoms with Crippen LogP contribution >= 0.6 is 0 Å². The van der Waals surface area contributed by atoms with E-state index in [4.69, 9.17) is 0 Å². The van der Waals surface area contributed by atoms with Crippen LogP contribution in [0, 0.1) is 11.3 Å². The number of hydrogen-bond acceptors (Lipinski definition) is 4. The lowest BCUT2D eigenvalue weighted by Gasteiger charge is -2.43. The van der Waals surface area contributed by atoms with Crippen molar-refractivity contribution in [1.82, 2.24) is 19.7 Å². The zero-order valence-corrected chi connectivity index (χ0v) is 17.6. The molecule has 1 aromatic heterocycles. The van der Waals surface area contributed by atoms with Gasteiger partial charge in [0.15, 0.2) is 0 Å². The number of carbonyl (C=O) groups is 1. The maximum Gasteiger partial charge on any atom is 0.230 e. The second-order valence-electron chi connectivity index (χ2n) is 9.54. The third-order valence-electron chi connectivity index (χ3n) is 7.27. The van der Waals surface area contributed by atoms with Crippen LogP contribution in [0.5, 0.6) is 0 Å². The minimum Gasteiger partial charge on any atom is -0.341 e. The molecule has 0 N–H and O–H groups in total. The summed E-state index contributed by atoms with van der Waals surface area (Å²) in [6.45, 7) is 5.80. The van der Waals surface area contributed by atoms with Crippen LogP contribution in [0.3, 0.4) is 0 Å². The number of likely N-dealkylation sites (tertiary alicyclic amines) is 2. The molecule has 0 bridgehead atoms. The fraction of sp³-hybridized carbons (Fsp3) is 0.739. The molecule has 2 aliphatic heterocycles. The lowest BCUT2D eigenvalue weighted by Crippen LogP contribution is -2.53. The van der Waals surface area contributed by atoms with Crippen LogP contribution in [0.4, 0.5) is 0 Å². The second kappa shape index (κ2) is 8.50. The highest BCUT2D eigenvalue weighted by molar-refractivity contribution is 5.85. The number of aromatic nitrogens is 1. The van der Waals surface area contributed by atoms with Crippen molar-refractivity contribution < 1.29 is 4.79 Å². The molecule has 28 heavy (non-hydrogen) atoms. The summed E-state index contributed by atoms with van der Waals surface area (Å²) in [7, 11) is 4.17. The van der Waals surface area contributed by atoms with Crippen LogP contribution in [0.15, 0.2) is 24.5 Å². The van der Waals surface area contributed by atoms with Crippen molar-refractivity contribution in [2.24, 2.45) is 11.3 Å². The Kier molecular flexibility index (Phi) is 6.02. The van der Waals surface area contributed by atoms with E-state index in [0.717, 1.165) is 51.5 Å². The standard InChI is InChI=1S/C23H36N4O/c1-25(2)13-14-27-12-6-10-23(22(27)28)18-26(16-19-7-3-4-8-19)17-21(23)20-9-5-11-24-15-20/h5,9,11,15,19,21H,3-4,6-8,10,12-14,16-18H2,1-2H3/t21-,23+/m0/s1. The Morgan fingerprint density at radius 2 is 2.07 bits per heavy atom. The molecule has 3 heterocycles. The Hall–Kier alpha value is -1.46. The minimum absolute atomic E-state index is 0.258. The van der Waals surface area contributed by atoms with E-state index in [-0.39, 0.29) is 11.3 Å². The average molecular weight is 385 g/mol. The fourth-order valence-electron chi connectivity index (χ4n) is 5.82. The Balaban J connectivity index is 1.57. The van der Waals surface area contributed by atoms with Crippen LogP contribution in [0.2, 0.25) is 0 Å². The molecule has 2 atom stereocenters. The Morgan fingerprint density at radius 1 is 1.25 bits per heavy atom. The van der Waals surface area contributed by atoms with Gasteiger partial charge >= 0.3 is 0 Å². The monoisotopic (exact) mass is 384 g/mol. The molecule has 5 heteroatoms. The molecule has 5 nitrogen and oxygen atoms in total. The molecule has 1 saturated carbocycles. The zero-order valence-electron chi connectivity index (χ0n) is 17.6. The van der Waals surface area contributed by atoms with Gasteiger partial charge in [-0.25, -0.2) is 0 Å². The van der Waals surface area contributed by atoms with E-state index in [9.17, 15) is 4.79 Å². The Morgan fingerprint density at radius 3 is 2.79 bits per heavy atom. The third kappa shape index (κ3) is 3.97. The highest BCUT2D eigenvalue weighted by Gasteiger charge is 2.55. The van der Waals surface area contributed by atoms with E-state index in [1.54, 1.807) is 0 Å². The predicted octanol–water partition coefficient (Wildman–Crippen LogP) is 2.84. The molecule has 3 aliphatic rings. The number of nitrogens with zero attached hydrogens (tertiary/aromatic N) is 4. The number of likely N-dealkylation sites (N-methyl/N-ethyl adjacent to an activating group) is 1. The highest BCUT2D eigenvalue weighted by atomic mass is 16.2. The molecular weight excluding hydrogens is 348 g/mol. The van der Waals surface area contributed by atoms with E-state index in [1.165, 1.54) is 37.8 Å². The average Bonchev–Trinajstić information content (AvgIpc) is 3.32. The third-order valence-corrected chi connectivity index (χ3v) is 7.27. The van der Waals surface area contributed by atoms with Crippen molar-refractivity contribution >= 4 is 5.91 Å². The molecule has 0 unspecified atom stereocenters. The zero-order chi connectivity index (χ0) is 19.6. The fourth-order valence-corrected chi connectivity index (χ4v) is 5.82. The van der Waals surface area contributed by atoms with Gasteiger partial charge < -0.3 is 14.7 Å². The first-order valence-corrected chi connectivity index (χ1v) is 11.1. The summed E-state index contributed by atoms with van der Waals surface area (Å²) in [6, 6.07) is 4.21. The van der Waals surface area contributed by atoms with Gasteiger partial charge in [0.05, 0.1) is 5.41 Å². The molecule has 0 aromatic carbocycles. The van der Waals surface area contributed by atoms with E-state index >= 15 is 0 Å². The van der Waals surface area contributed by atoms with Gasteiger partial charge in [-0.3, -0.25) is 9.78 Å². The van der Waals surface area contributed by atoms with Gasteiger partial charge in [-0.1, -0.05) is 18.9 Å². The summed E-state index contributed by atoms with van der Waals surface area (Å²) in [5, 5.41) is 0. The SMILES string of the molecule is CN(C)CCN1CCC[C@]2(CN(CC3CCCC3)C[C@H]2c2cccnc2)C1=O. The summed E-state index contributed by atoms with van der Waals surface area (Å²) in [5.74, 6) is 1.49. The van der Waals surface area contributed by atoms with Crippen molar-refractivity contribution in [2.45, 2.75) is 44.4 Å². The quantitative estimate of drug-likeness (QED) is 0.756. The lowest BCUT2D eigenvalue weighted by atomic mass is 9.69. The largest absolute Gasteiger partial charge is 0.341 e. The summed E-state index contributed by atoms with van der Waals surface area (Å²) >= 11 is 0. The van der Waals surface area contributed by atoms with Crippen LogP contribution in [-0.4, -0.2) is 79.0 Å². The van der Waals surface area contributed by atoms with E-state index in [1.807, 2.05) is 18.5 Å². The summed E-state index contributed by atoms with van der Waals surface area (Å²) in [5.41, 5.74) is 0.992. The molecule has 3 fully saturated rings. The van der Waals surface area contributed by atoms with E-state index in [0.29, 0.717) is 5.91 Å². The summed E-state index contributed by atoms with van der Waals surface area (Å²) < 4.78 is 0. The number of amides is 1. The second-order valence-corrected chi connectivity index (χ2v) is 9.54. The maximum atomic E-state index is 13.8. The van der Waals surface area contributed by atoms with Crippen molar-refractivity contribution in [3.8, 4) is 0 Å². The van der Waals surface area contributed by atoms with Crippen molar-refractivity contribution in [1.29, 1.82) is 0 Å². The van der Waals surface area contributed by atoms with Gasteiger partial charge in [-0.05, 0) is 57.3 Å². The Labute approximate surface area is 170 Å². The molecular formula is C23H36N4O. The van der Waals surface area contributed by atoms with Gasteiger partial charge in [0, 0.05) is 57.6 Å². The van der Waals surface area contributed by atoms with E-state index < -0.39 is 0 Å². The molecule has 0 radical (unpaired) electrons. The summed E-state index contributed by atoms with van der Waals surface area (Å²) in [6.07, 6.45) is 11.5. The molecule has 1 aromatic rings. The first-order valence-electron chi connectivity index (χ1n) is 11.1. The minimum atomic E-state index is -0.258. The lowest BCUT2D eigenvalue weighted by molar-refractivity contribution is -0.146. The summed E-state index contributed by atoms with van der Waals surface area (Å²) in [4.78, 5) is 25.1. The first kappa shape index (κ1) is 19.8. The van der Waals surface area contributed by atoms with Gasteiger partial charge in [-0.15, -0.1) is 0 Å². The maximum absolute atomic E-state index is 13.8. The van der Waals surface area contributed by atoms with Gasteiger partial charge in [-0.2, -0.15) is 0 Å². The predicted molar refractivity (Wildman–Crippen MR) is 112 cm³/mol. The smallest absolute Gasteiger partial charge is 0.230 e. The Bertz CT molecular complexity index is 658. The van der Waals surface area contributed by atoms with Gasteiger partial charge in [0.2, 0.25) is 5.91 Å². The van der Waals surface area contributed by atoms with Crippen molar-refractivity contribution in [2.75, 3.05) is 53.4 Å².